The van der Waals surface area contributed by atoms with E-state index in [-0.39, 0.29) is 0 Å². The van der Waals surface area contributed by atoms with Gasteiger partial charge in [-0.05, 0) is 38.2 Å². The zero-order chi connectivity index (χ0) is 21.4. The first kappa shape index (κ1) is 24.9. The van der Waals surface area contributed by atoms with Gasteiger partial charge < -0.3 is 0 Å². The van der Waals surface area contributed by atoms with E-state index in [0.717, 1.165) is 0 Å². The van der Waals surface area contributed by atoms with Crippen molar-refractivity contribution in [3.8, 4) is 0 Å². The number of rotatable bonds is 16. The third-order valence-corrected chi connectivity index (χ3v) is 6.63. The highest BCUT2D eigenvalue weighted by Crippen LogP contribution is 2.23. The Morgan fingerprint density at radius 2 is 1.33 bits per heavy atom. The maximum atomic E-state index is 2.52. The van der Waals surface area contributed by atoms with Crippen molar-refractivity contribution in [3.63, 3.8) is 0 Å². The van der Waals surface area contributed by atoms with Gasteiger partial charge in [0.05, 0.1) is 0 Å². The van der Waals surface area contributed by atoms with Crippen LogP contribution in [0.3, 0.4) is 0 Å². The van der Waals surface area contributed by atoms with E-state index in [1.165, 1.54) is 126 Å². The largest absolute Gasteiger partial charge is 0.201 e. The van der Waals surface area contributed by atoms with Gasteiger partial charge in [-0.2, -0.15) is 0 Å². The molecule has 0 atom stereocenters. The number of aromatic nitrogens is 1. The van der Waals surface area contributed by atoms with E-state index in [9.17, 15) is 0 Å². The maximum absolute atomic E-state index is 2.52. The smallest absolute Gasteiger partial charge is 0.189 e. The highest BCUT2D eigenvalue weighted by molar-refractivity contribution is 5.63. The van der Waals surface area contributed by atoms with E-state index in [1.807, 2.05) is 0 Å². The van der Waals surface area contributed by atoms with Gasteiger partial charge in [-0.15, -0.1) is 0 Å². The lowest BCUT2D eigenvalue weighted by Gasteiger charge is -2.07. The predicted octanol–water partition coefficient (Wildman–Crippen LogP) is 8.76. The van der Waals surface area contributed by atoms with Gasteiger partial charge >= 0.3 is 0 Å². The van der Waals surface area contributed by atoms with Crippen molar-refractivity contribution in [3.05, 3.63) is 40.7 Å². The van der Waals surface area contributed by atoms with E-state index >= 15 is 0 Å². The Hall–Kier alpha value is -1.37. The van der Waals surface area contributed by atoms with E-state index in [2.05, 4.69) is 55.8 Å². The summed E-state index contributed by atoms with van der Waals surface area (Å²) in [6, 6.07) is 0. The zero-order valence-corrected chi connectivity index (χ0v) is 20.4. The minimum Gasteiger partial charge on any atom is -0.201 e. The molecular weight excluding hydrogens is 362 g/mol. The molecule has 1 heteroatoms. The molecule has 0 N–H and O–H groups in total. The van der Waals surface area contributed by atoms with Crippen LogP contribution in [0.1, 0.15) is 133 Å². The van der Waals surface area contributed by atoms with Crippen molar-refractivity contribution in [1.82, 2.24) is 0 Å². The molecule has 1 aliphatic heterocycles. The second-order valence-electron chi connectivity index (χ2n) is 9.28. The minimum atomic E-state index is 1.19. The summed E-state index contributed by atoms with van der Waals surface area (Å²) in [5.41, 5.74) is 5.95. The zero-order valence-electron chi connectivity index (χ0n) is 20.4. The van der Waals surface area contributed by atoms with Gasteiger partial charge in [-0.3, -0.25) is 0 Å². The van der Waals surface area contributed by atoms with E-state index in [1.54, 1.807) is 5.69 Å². The molecule has 1 aromatic rings. The number of aryl methyl sites for hydroxylation is 1. The Labute approximate surface area is 187 Å². The normalized spacial score (nSPS) is 13.7. The molecular formula is C29H48N+. The second-order valence-corrected chi connectivity index (χ2v) is 9.28. The highest BCUT2D eigenvalue weighted by Gasteiger charge is 2.24. The maximum Gasteiger partial charge on any atom is 0.189 e. The Morgan fingerprint density at radius 1 is 0.767 bits per heavy atom. The molecule has 168 valence electrons. The molecule has 0 aromatic carbocycles. The number of unbranched alkanes of at least 4 members (excludes halogenated alkanes) is 12. The number of hydrogen-bond acceptors (Lipinski definition) is 0. The molecule has 0 bridgehead atoms. The summed E-state index contributed by atoms with van der Waals surface area (Å²) in [5, 5.41) is 0. The first-order valence-electron chi connectivity index (χ1n) is 13.2. The molecule has 0 amide bonds. The van der Waals surface area contributed by atoms with Crippen LogP contribution in [0.5, 0.6) is 0 Å². The van der Waals surface area contributed by atoms with E-state index in [4.69, 9.17) is 0 Å². The van der Waals surface area contributed by atoms with Crippen LogP contribution in [0.15, 0.2) is 18.3 Å². The lowest BCUT2D eigenvalue weighted by Crippen LogP contribution is -2.34. The Balaban J connectivity index is 1.87. The number of fused-ring (bicyclic) bond motifs is 1. The summed E-state index contributed by atoms with van der Waals surface area (Å²) >= 11 is 0. The van der Waals surface area contributed by atoms with Crippen molar-refractivity contribution >= 4 is 12.2 Å². The van der Waals surface area contributed by atoms with Crippen molar-refractivity contribution in [2.75, 3.05) is 0 Å². The molecule has 0 unspecified atom stereocenters. The second kappa shape index (κ2) is 15.4. The molecule has 1 aromatic heterocycles. The molecule has 2 rings (SSSR count). The van der Waals surface area contributed by atoms with Crippen LogP contribution in [0.4, 0.5) is 0 Å². The average molecular weight is 411 g/mol. The van der Waals surface area contributed by atoms with Gasteiger partial charge in [-0.25, -0.2) is 4.57 Å². The lowest BCUT2D eigenvalue weighted by atomic mass is 9.99. The molecule has 0 saturated heterocycles. The fourth-order valence-electron chi connectivity index (χ4n) is 4.65. The topological polar surface area (TPSA) is 3.88 Å². The number of hydrogen-bond donors (Lipinski definition) is 0. The monoisotopic (exact) mass is 410 g/mol. The van der Waals surface area contributed by atoms with Gasteiger partial charge in [0.25, 0.3) is 0 Å². The first-order chi connectivity index (χ1) is 14.8. The van der Waals surface area contributed by atoms with Gasteiger partial charge in [0.15, 0.2) is 11.9 Å². The highest BCUT2D eigenvalue weighted by atomic mass is 15.0. The number of pyridine rings is 1. The SMILES string of the molecule is CCCCCCCC/C=C\c1c[n+]2c(c(/C=C\CCCCCCCC)c1C)CCC2. The first-order valence-corrected chi connectivity index (χ1v) is 13.2. The molecule has 0 radical (unpaired) electrons. The van der Waals surface area contributed by atoms with E-state index < -0.39 is 0 Å². The Morgan fingerprint density at radius 3 is 1.97 bits per heavy atom. The van der Waals surface area contributed by atoms with E-state index in [0.29, 0.717) is 0 Å². The summed E-state index contributed by atoms with van der Waals surface area (Å²) in [6.07, 6.45) is 33.6. The molecule has 2 heterocycles. The molecule has 0 spiro atoms. The molecule has 0 fully saturated rings. The van der Waals surface area contributed by atoms with Crippen molar-refractivity contribution in [2.45, 2.75) is 130 Å². The predicted molar refractivity (Wildman–Crippen MR) is 134 cm³/mol. The fourth-order valence-corrected chi connectivity index (χ4v) is 4.65. The summed E-state index contributed by atoms with van der Waals surface area (Å²) in [6.45, 7) is 8.09. The Kier molecular flexibility index (Phi) is 12.8. The van der Waals surface area contributed by atoms with Crippen LogP contribution >= 0.6 is 0 Å². The van der Waals surface area contributed by atoms with Crippen LogP contribution in [-0.4, -0.2) is 0 Å². The minimum absolute atomic E-state index is 1.19. The standard InChI is InChI=1S/C29H48N/c1-4-6-8-10-12-14-16-18-21-27-25-30-24-20-23-29(30)28(26(27)3)22-19-17-15-13-11-9-7-5-2/h18-19,21-22,25H,4-17,20,23-24H2,1-3H3/q+1/b21-18-,22-19-. The summed E-state index contributed by atoms with van der Waals surface area (Å²) < 4.78 is 2.52. The third-order valence-electron chi connectivity index (χ3n) is 6.63. The third kappa shape index (κ3) is 8.78. The summed E-state index contributed by atoms with van der Waals surface area (Å²) in [5.74, 6) is 0. The van der Waals surface area contributed by atoms with Crippen LogP contribution in [0, 0.1) is 6.92 Å². The van der Waals surface area contributed by atoms with Crippen molar-refractivity contribution in [2.24, 2.45) is 0 Å². The lowest BCUT2D eigenvalue weighted by molar-refractivity contribution is -0.691. The summed E-state index contributed by atoms with van der Waals surface area (Å²) in [4.78, 5) is 0. The van der Waals surface area contributed by atoms with Crippen molar-refractivity contribution in [1.29, 1.82) is 0 Å². The summed E-state index contributed by atoms with van der Waals surface area (Å²) in [7, 11) is 0. The van der Waals surface area contributed by atoms with Crippen LogP contribution < -0.4 is 4.57 Å². The van der Waals surface area contributed by atoms with Gasteiger partial charge in [0.1, 0.15) is 6.54 Å². The molecule has 1 aliphatic rings. The van der Waals surface area contributed by atoms with Gasteiger partial charge in [0.2, 0.25) is 0 Å². The van der Waals surface area contributed by atoms with Gasteiger partial charge in [0, 0.05) is 24.0 Å². The molecule has 0 saturated carbocycles. The molecule has 30 heavy (non-hydrogen) atoms. The van der Waals surface area contributed by atoms with Crippen LogP contribution in [0.25, 0.3) is 12.2 Å². The number of allylic oxidation sites excluding steroid dienone is 2. The molecule has 0 aliphatic carbocycles. The quantitative estimate of drug-likeness (QED) is 0.189. The number of nitrogens with zero attached hydrogens (tertiary/aromatic N) is 1. The average Bonchev–Trinajstić information content (AvgIpc) is 3.22. The van der Waals surface area contributed by atoms with Crippen LogP contribution in [-0.2, 0) is 13.0 Å². The van der Waals surface area contributed by atoms with Crippen LogP contribution in [0.2, 0.25) is 0 Å². The van der Waals surface area contributed by atoms with Gasteiger partial charge in [-0.1, -0.05) is 102 Å². The van der Waals surface area contributed by atoms with Crippen molar-refractivity contribution < 1.29 is 4.57 Å². The molecule has 1 nitrogen and oxygen atoms in total. The fraction of sp³-hybridized carbons (Fsp3) is 0.690. The Bertz CT molecular complexity index is 653.